The molecular weight excluding hydrogens is 326 g/mol. The van der Waals surface area contributed by atoms with Crippen LogP contribution in [0.2, 0.25) is 0 Å². The SMILES string of the molecule is Cc1ccc(/C=C/c2ccnc(-c3cccc([N+](=O)[O-])c3)[n+]2[O-])s1. The van der Waals surface area contributed by atoms with Crippen molar-refractivity contribution in [3.05, 3.63) is 79.4 Å². The van der Waals surface area contributed by atoms with Crippen LogP contribution in [0.1, 0.15) is 15.4 Å². The third-order valence-corrected chi connectivity index (χ3v) is 4.33. The summed E-state index contributed by atoms with van der Waals surface area (Å²) in [5.41, 5.74) is 0.739. The molecule has 0 radical (unpaired) electrons. The van der Waals surface area contributed by atoms with E-state index in [1.165, 1.54) is 29.3 Å². The number of benzene rings is 1. The van der Waals surface area contributed by atoms with Crippen molar-refractivity contribution in [2.24, 2.45) is 0 Å². The van der Waals surface area contributed by atoms with Gasteiger partial charge < -0.3 is 5.21 Å². The third-order valence-electron chi connectivity index (χ3n) is 3.36. The standard InChI is InChI=1S/C17H13N3O3S/c1-12-5-7-16(24-12)8-6-14-9-10-18-17(19(14)21)13-3-2-4-15(11-13)20(22)23/h2-11H,1H3/b8-6+. The topological polar surface area (TPSA) is 83.0 Å². The van der Waals surface area contributed by atoms with E-state index in [9.17, 15) is 15.3 Å². The molecule has 0 unspecified atom stereocenters. The fraction of sp³-hybridized carbons (Fsp3) is 0.0588. The lowest BCUT2D eigenvalue weighted by Gasteiger charge is -2.08. The molecule has 0 saturated heterocycles. The van der Waals surface area contributed by atoms with Crippen LogP contribution in [0.3, 0.4) is 0 Å². The van der Waals surface area contributed by atoms with Crippen LogP contribution in [0.15, 0.2) is 48.7 Å². The normalized spacial score (nSPS) is 11.0. The molecule has 1 aromatic carbocycles. The van der Waals surface area contributed by atoms with Gasteiger partial charge in [-0.1, -0.05) is 6.07 Å². The number of thiophene rings is 1. The summed E-state index contributed by atoms with van der Waals surface area (Å²) in [5.74, 6) is 0.128. The second-order valence-corrected chi connectivity index (χ2v) is 6.40. The van der Waals surface area contributed by atoms with Gasteiger partial charge in [0.2, 0.25) is 0 Å². The molecule has 0 saturated carbocycles. The lowest BCUT2D eigenvalue weighted by molar-refractivity contribution is -0.598. The van der Waals surface area contributed by atoms with Crippen LogP contribution in [0.5, 0.6) is 0 Å². The van der Waals surface area contributed by atoms with Crippen molar-refractivity contribution >= 4 is 29.2 Å². The van der Waals surface area contributed by atoms with E-state index < -0.39 is 4.92 Å². The predicted molar refractivity (Wildman–Crippen MR) is 93.3 cm³/mol. The van der Waals surface area contributed by atoms with Gasteiger partial charge in [0.05, 0.1) is 10.5 Å². The minimum absolute atomic E-state index is 0.0793. The van der Waals surface area contributed by atoms with E-state index >= 15 is 0 Å². The zero-order valence-electron chi connectivity index (χ0n) is 12.7. The Morgan fingerprint density at radius 1 is 1.21 bits per heavy atom. The number of rotatable bonds is 4. The predicted octanol–water partition coefficient (Wildman–Crippen LogP) is 3.83. The fourth-order valence-electron chi connectivity index (χ4n) is 2.21. The lowest BCUT2D eigenvalue weighted by atomic mass is 10.2. The first kappa shape index (κ1) is 15.8. The minimum atomic E-state index is -0.498. The van der Waals surface area contributed by atoms with E-state index in [0.717, 1.165) is 4.88 Å². The average molecular weight is 339 g/mol. The third kappa shape index (κ3) is 3.31. The highest BCUT2D eigenvalue weighted by molar-refractivity contribution is 7.12. The van der Waals surface area contributed by atoms with Crippen LogP contribution in [0.4, 0.5) is 5.69 Å². The number of non-ortho nitro benzene ring substituents is 1. The molecule has 7 heteroatoms. The van der Waals surface area contributed by atoms with Gasteiger partial charge >= 0.3 is 5.82 Å². The van der Waals surface area contributed by atoms with Crippen LogP contribution in [-0.4, -0.2) is 9.91 Å². The van der Waals surface area contributed by atoms with E-state index in [1.54, 1.807) is 29.5 Å². The summed E-state index contributed by atoms with van der Waals surface area (Å²) < 4.78 is 0.677. The zero-order chi connectivity index (χ0) is 17.1. The number of nitrogens with zero attached hydrogens (tertiary/aromatic N) is 3. The van der Waals surface area contributed by atoms with Gasteiger partial charge in [0.15, 0.2) is 0 Å². The molecule has 0 fully saturated rings. The maximum absolute atomic E-state index is 12.5. The van der Waals surface area contributed by atoms with Gasteiger partial charge in [0.1, 0.15) is 11.9 Å². The van der Waals surface area contributed by atoms with Gasteiger partial charge in [-0.05, 0) is 42.3 Å². The summed E-state index contributed by atoms with van der Waals surface area (Å²) in [6, 6.07) is 11.5. The largest absolute Gasteiger partial charge is 0.710 e. The molecule has 24 heavy (non-hydrogen) atoms. The number of aryl methyl sites for hydroxylation is 1. The summed E-state index contributed by atoms with van der Waals surface area (Å²) in [5, 5.41) is 23.4. The molecule has 0 atom stereocenters. The van der Waals surface area contributed by atoms with Gasteiger partial charge in [-0.3, -0.25) is 10.1 Å². The molecule has 3 aromatic rings. The van der Waals surface area contributed by atoms with Gasteiger partial charge in [-0.2, -0.15) is 0 Å². The first-order valence-electron chi connectivity index (χ1n) is 7.12. The Morgan fingerprint density at radius 3 is 2.75 bits per heavy atom. The van der Waals surface area contributed by atoms with E-state index in [2.05, 4.69) is 4.98 Å². The van der Waals surface area contributed by atoms with Crippen LogP contribution >= 0.6 is 11.3 Å². The van der Waals surface area contributed by atoms with Crippen LogP contribution in [-0.2, 0) is 0 Å². The molecular formula is C17H13N3O3S. The second kappa shape index (κ2) is 6.59. The minimum Gasteiger partial charge on any atom is -0.710 e. The molecule has 0 aliphatic rings. The Morgan fingerprint density at radius 2 is 2.04 bits per heavy atom. The van der Waals surface area contributed by atoms with E-state index in [-0.39, 0.29) is 11.5 Å². The maximum Gasteiger partial charge on any atom is 0.333 e. The number of nitro benzene ring substituents is 1. The Kier molecular flexibility index (Phi) is 4.35. The summed E-state index contributed by atoms with van der Waals surface area (Å²) >= 11 is 1.63. The Hall–Kier alpha value is -3.06. The summed E-state index contributed by atoms with van der Waals surface area (Å²) in [6.45, 7) is 2.02. The summed E-state index contributed by atoms with van der Waals surface area (Å²) in [4.78, 5) is 16.7. The van der Waals surface area contributed by atoms with E-state index in [0.29, 0.717) is 16.0 Å². The monoisotopic (exact) mass is 339 g/mol. The molecule has 0 spiro atoms. The fourth-order valence-corrected chi connectivity index (χ4v) is 2.99. The molecule has 2 heterocycles. The van der Waals surface area contributed by atoms with Gasteiger partial charge in [0.25, 0.3) is 5.69 Å². The summed E-state index contributed by atoms with van der Waals surface area (Å²) in [7, 11) is 0. The molecule has 6 nitrogen and oxygen atoms in total. The van der Waals surface area contributed by atoms with Crippen molar-refractivity contribution in [1.29, 1.82) is 0 Å². The Balaban J connectivity index is 1.98. The van der Waals surface area contributed by atoms with E-state index in [4.69, 9.17) is 0 Å². The molecule has 120 valence electrons. The van der Waals surface area contributed by atoms with E-state index in [1.807, 2.05) is 25.1 Å². The van der Waals surface area contributed by atoms with Crippen molar-refractivity contribution in [2.75, 3.05) is 0 Å². The quantitative estimate of drug-likeness (QED) is 0.313. The van der Waals surface area contributed by atoms with Gasteiger partial charge in [0, 0.05) is 28.0 Å². The van der Waals surface area contributed by atoms with Crippen LogP contribution in [0, 0.1) is 22.2 Å². The van der Waals surface area contributed by atoms with Crippen molar-refractivity contribution in [3.63, 3.8) is 0 Å². The number of hydrogen-bond donors (Lipinski definition) is 0. The second-order valence-electron chi connectivity index (χ2n) is 5.08. The molecule has 0 amide bonds. The number of aromatic nitrogens is 2. The molecule has 2 aromatic heterocycles. The van der Waals surface area contributed by atoms with Crippen molar-refractivity contribution < 1.29 is 9.65 Å². The lowest BCUT2D eigenvalue weighted by Crippen LogP contribution is -2.33. The number of nitro groups is 1. The number of hydrogen-bond acceptors (Lipinski definition) is 5. The van der Waals surface area contributed by atoms with Crippen molar-refractivity contribution in [2.45, 2.75) is 6.92 Å². The Bertz CT molecular complexity index is 934. The van der Waals surface area contributed by atoms with Gasteiger partial charge in [-0.25, -0.2) is 4.73 Å². The highest BCUT2D eigenvalue weighted by Crippen LogP contribution is 2.21. The van der Waals surface area contributed by atoms with Crippen LogP contribution < -0.4 is 4.73 Å². The van der Waals surface area contributed by atoms with Gasteiger partial charge in [-0.15, -0.1) is 11.3 Å². The average Bonchev–Trinajstić information content (AvgIpc) is 2.99. The molecule has 0 aliphatic heterocycles. The highest BCUT2D eigenvalue weighted by Gasteiger charge is 2.16. The maximum atomic E-state index is 12.5. The Labute approximate surface area is 142 Å². The molecule has 0 aliphatic carbocycles. The highest BCUT2D eigenvalue weighted by atomic mass is 32.1. The smallest absolute Gasteiger partial charge is 0.333 e. The first-order valence-corrected chi connectivity index (χ1v) is 7.94. The zero-order valence-corrected chi connectivity index (χ0v) is 13.6. The van der Waals surface area contributed by atoms with Crippen LogP contribution in [0.25, 0.3) is 23.5 Å². The first-order chi connectivity index (χ1) is 11.5. The molecule has 0 N–H and O–H groups in total. The molecule has 3 rings (SSSR count). The van der Waals surface area contributed by atoms with Crippen molar-refractivity contribution in [1.82, 2.24) is 4.98 Å². The summed E-state index contributed by atoms with van der Waals surface area (Å²) in [6.07, 6.45) is 5.08. The van der Waals surface area contributed by atoms with Crippen molar-refractivity contribution in [3.8, 4) is 11.4 Å². The molecule has 0 bridgehead atoms.